The van der Waals surface area contributed by atoms with Gasteiger partial charge in [0.2, 0.25) is 5.75 Å². The third-order valence-corrected chi connectivity index (χ3v) is 5.14. The summed E-state index contributed by atoms with van der Waals surface area (Å²) in [6.07, 6.45) is 1.92. The van der Waals surface area contributed by atoms with Crippen LogP contribution in [-0.4, -0.2) is 43.1 Å². The molecule has 0 bridgehead atoms. The molecular weight excluding hydrogens is 290 g/mol. The molecule has 0 atom stereocenters. The van der Waals surface area contributed by atoms with Crippen LogP contribution in [0.15, 0.2) is 12.1 Å². The van der Waals surface area contributed by atoms with Crippen molar-refractivity contribution in [1.82, 2.24) is 5.32 Å². The van der Waals surface area contributed by atoms with Crippen molar-refractivity contribution < 1.29 is 18.4 Å². The monoisotopic (exact) mass is 313 g/mol. The van der Waals surface area contributed by atoms with E-state index in [4.69, 9.17) is 14.2 Å². The summed E-state index contributed by atoms with van der Waals surface area (Å²) in [5.74, 6) is 3.56. The second-order valence-corrected chi connectivity index (χ2v) is 6.69. The van der Waals surface area contributed by atoms with Crippen LogP contribution in [0.5, 0.6) is 17.2 Å². The van der Waals surface area contributed by atoms with E-state index in [-0.39, 0.29) is 0 Å². The Hall–Kier alpha value is -1.27. The molecule has 0 unspecified atom stereocenters. The molecule has 1 aromatic rings. The molecule has 1 saturated heterocycles. The Morgan fingerprint density at radius 2 is 1.76 bits per heavy atom. The first kappa shape index (κ1) is 16.1. The molecule has 0 radical (unpaired) electrons. The molecule has 0 amide bonds. The topological polar surface area (TPSA) is 56.8 Å². The Balaban J connectivity index is 2.07. The van der Waals surface area contributed by atoms with Gasteiger partial charge in [0.25, 0.3) is 0 Å². The Bertz CT molecular complexity index is 497. The predicted octanol–water partition coefficient (Wildman–Crippen LogP) is 1.71. The zero-order valence-corrected chi connectivity index (χ0v) is 13.6. The molecule has 1 aromatic carbocycles. The van der Waals surface area contributed by atoms with Crippen molar-refractivity contribution in [2.45, 2.75) is 25.4 Å². The fourth-order valence-electron chi connectivity index (χ4n) is 2.55. The fraction of sp³-hybridized carbons (Fsp3) is 0.600. The first-order valence-corrected chi connectivity index (χ1v) is 8.54. The number of methoxy groups -OCH3 is 3. The van der Waals surface area contributed by atoms with Crippen LogP contribution in [0.2, 0.25) is 0 Å². The number of hydrogen-bond donors (Lipinski definition) is 1. The maximum absolute atomic E-state index is 11.4. The van der Waals surface area contributed by atoms with Gasteiger partial charge in [-0.3, -0.25) is 4.21 Å². The number of benzene rings is 1. The molecule has 1 heterocycles. The largest absolute Gasteiger partial charge is 0.493 e. The average Bonchev–Trinajstić information content (AvgIpc) is 2.53. The van der Waals surface area contributed by atoms with Gasteiger partial charge in [0.15, 0.2) is 11.5 Å². The first-order valence-electron chi connectivity index (χ1n) is 7.05. The van der Waals surface area contributed by atoms with E-state index in [0.29, 0.717) is 29.8 Å². The molecule has 1 fully saturated rings. The number of nitrogens with one attached hydrogen (secondary N) is 1. The third kappa shape index (κ3) is 3.89. The van der Waals surface area contributed by atoms with Crippen LogP contribution in [0.3, 0.4) is 0 Å². The lowest BCUT2D eigenvalue weighted by Gasteiger charge is -2.23. The van der Waals surface area contributed by atoms with Crippen molar-refractivity contribution >= 4 is 10.8 Å². The van der Waals surface area contributed by atoms with Crippen LogP contribution in [0.4, 0.5) is 0 Å². The van der Waals surface area contributed by atoms with Crippen LogP contribution in [0, 0.1) is 0 Å². The van der Waals surface area contributed by atoms with Gasteiger partial charge in [-0.2, -0.15) is 0 Å². The molecular formula is C15H23NO4S. The molecule has 21 heavy (non-hydrogen) atoms. The lowest BCUT2D eigenvalue weighted by molar-refractivity contribution is 0.321. The molecule has 1 aliphatic rings. The maximum Gasteiger partial charge on any atom is 0.203 e. The highest BCUT2D eigenvalue weighted by molar-refractivity contribution is 7.85. The molecule has 0 spiro atoms. The van der Waals surface area contributed by atoms with Gasteiger partial charge in [0.05, 0.1) is 21.3 Å². The summed E-state index contributed by atoms with van der Waals surface area (Å²) in [6, 6.07) is 4.28. The zero-order valence-electron chi connectivity index (χ0n) is 12.8. The molecule has 5 nitrogen and oxygen atoms in total. The summed E-state index contributed by atoms with van der Waals surface area (Å²) >= 11 is 0. The second-order valence-electron chi connectivity index (χ2n) is 5.00. The number of rotatable bonds is 6. The van der Waals surface area contributed by atoms with E-state index in [9.17, 15) is 4.21 Å². The van der Waals surface area contributed by atoms with Gasteiger partial charge in [0, 0.05) is 40.5 Å². The lowest BCUT2D eigenvalue weighted by Crippen LogP contribution is -2.35. The molecule has 0 aliphatic carbocycles. The van der Waals surface area contributed by atoms with Gasteiger partial charge in [0.1, 0.15) is 0 Å². The van der Waals surface area contributed by atoms with Crippen LogP contribution in [0.25, 0.3) is 0 Å². The Morgan fingerprint density at radius 3 is 2.33 bits per heavy atom. The molecule has 2 rings (SSSR count). The van der Waals surface area contributed by atoms with Gasteiger partial charge in [-0.05, 0) is 18.9 Å². The highest BCUT2D eigenvalue weighted by Gasteiger charge is 2.19. The number of hydrogen-bond acceptors (Lipinski definition) is 5. The third-order valence-electron chi connectivity index (χ3n) is 3.75. The Labute approximate surface area is 128 Å². The van der Waals surface area contributed by atoms with E-state index in [1.54, 1.807) is 21.3 Å². The van der Waals surface area contributed by atoms with Crippen LogP contribution < -0.4 is 19.5 Å². The van der Waals surface area contributed by atoms with E-state index in [0.717, 1.165) is 29.9 Å². The van der Waals surface area contributed by atoms with Crippen molar-refractivity contribution in [2.75, 3.05) is 32.8 Å². The van der Waals surface area contributed by atoms with Gasteiger partial charge in [-0.25, -0.2) is 0 Å². The average molecular weight is 313 g/mol. The molecule has 118 valence electrons. The summed E-state index contributed by atoms with van der Waals surface area (Å²) in [5.41, 5.74) is 1.03. The minimum Gasteiger partial charge on any atom is -0.493 e. The second kappa shape index (κ2) is 7.66. The molecule has 0 saturated carbocycles. The maximum atomic E-state index is 11.4. The molecule has 1 aliphatic heterocycles. The van der Waals surface area contributed by atoms with Gasteiger partial charge < -0.3 is 19.5 Å². The summed E-state index contributed by atoms with van der Waals surface area (Å²) in [6.45, 7) is 0.695. The van der Waals surface area contributed by atoms with Crippen molar-refractivity contribution in [3.63, 3.8) is 0 Å². The standard InChI is InChI=1S/C15H23NO4S/c1-18-13-5-4-11(14(19-2)15(13)20-3)10-16-12-6-8-21(17)9-7-12/h4-5,12,16H,6-10H2,1-3H3. The normalized spacial score (nSPS) is 21.9. The van der Waals surface area contributed by atoms with Crippen LogP contribution >= 0.6 is 0 Å². The molecule has 1 N–H and O–H groups in total. The summed E-state index contributed by atoms with van der Waals surface area (Å²) < 4.78 is 27.5. The van der Waals surface area contributed by atoms with Crippen LogP contribution in [0.1, 0.15) is 18.4 Å². The SMILES string of the molecule is COc1ccc(CNC2CCS(=O)CC2)c(OC)c1OC. The highest BCUT2D eigenvalue weighted by atomic mass is 32.2. The minimum absolute atomic E-state index is 0.417. The highest BCUT2D eigenvalue weighted by Crippen LogP contribution is 2.39. The minimum atomic E-state index is -0.626. The van der Waals surface area contributed by atoms with Crippen molar-refractivity contribution in [2.24, 2.45) is 0 Å². The molecule has 6 heteroatoms. The number of ether oxygens (including phenoxy) is 3. The Kier molecular flexibility index (Phi) is 5.87. The van der Waals surface area contributed by atoms with Gasteiger partial charge in [-0.15, -0.1) is 0 Å². The summed E-state index contributed by atoms with van der Waals surface area (Å²) in [7, 11) is 4.22. The Morgan fingerprint density at radius 1 is 1.10 bits per heavy atom. The van der Waals surface area contributed by atoms with E-state index < -0.39 is 10.8 Å². The zero-order chi connectivity index (χ0) is 15.2. The van der Waals surface area contributed by atoms with Crippen molar-refractivity contribution in [3.05, 3.63) is 17.7 Å². The summed E-state index contributed by atoms with van der Waals surface area (Å²) in [4.78, 5) is 0. The van der Waals surface area contributed by atoms with E-state index in [1.807, 2.05) is 12.1 Å². The van der Waals surface area contributed by atoms with Crippen LogP contribution in [-0.2, 0) is 17.3 Å². The fourth-order valence-corrected chi connectivity index (χ4v) is 3.85. The van der Waals surface area contributed by atoms with E-state index in [2.05, 4.69) is 5.32 Å². The van der Waals surface area contributed by atoms with Crippen molar-refractivity contribution in [3.8, 4) is 17.2 Å². The predicted molar refractivity (Wildman–Crippen MR) is 83.8 cm³/mol. The smallest absolute Gasteiger partial charge is 0.203 e. The lowest BCUT2D eigenvalue weighted by atomic mass is 10.1. The van der Waals surface area contributed by atoms with E-state index >= 15 is 0 Å². The van der Waals surface area contributed by atoms with Gasteiger partial charge in [-0.1, -0.05) is 6.07 Å². The quantitative estimate of drug-likeness (QED) is 0.866. The summed E-state index contributed by atoms with van der Waals surface area (Å²) in [5, 5.41) is 3.51. The van der Waals surface area contributed by atoms with Gasteiger partial charge >= 0.3 is 0 Å². The van der Waals surface area contributed by atoms with E-state index in [1.165, 1.54) is 0 Å². The first-order chi connectivity index (χ1) is 10.2. The molecule has 0 aromatic heterocycles. The van der Waals surface area contributed by atoms with Crippen molar-refractivity contribution in [1.29, 1.82) is 0 Å².